The molecule has 1 aromatic carbocycles. The lowest BCUT2D eigenvalue weighted by Gasteiger charge is -2.18. The van der Waals surface area contributed by atoms with Gasteiger partial charge in [0.25, 0.3) is 0 Å². The molecule has 1 N–H and O–H groups in total. The van der Waals surface area contributed by atoms with Gasteiger partial charge < -0.3 is 14.8 Å². The Kier molecular flexibility index (Phi) is 6.36. The van der Waals surface area contributed by atoms with Gasteiger partial charge in [-0.3, -0.25) is 4.79 Å². The Balaban J connectivity index is 2.73. The SMILES string of the molecule is CCNC(C)c1ccc(C)cc1OCCC(=O)OC. The van der Waals surface area contributed by atoms with Gasteiger partial charge in [0.05, 0.1) is 20.1 Å². The number of benzene rings is 1. The molecule has 1 atom stereocenters. The molecule has 0 amide bonds. The van der Waals surface area contributed by atoms with Crippen molar-refractivity contribution in [2.45, 2.75) is 33.2 Å². The van der Waals surface area contributed by atoms with Crippen molar-refractivity contribution in [2.75, 3.05) is 20.3 Å². The number of nitrogens with one attached hydrogen (secondary N) is 1. The molecular formula is C15H23NO3. The van der Waals surface area contributed by atoms with Crippen molar-refractivity contribution in [3.63, 3.8) is 0 Å². The van der Waals surface area contributed by atoms with E-state index in [9.17, 15) is 4.79 Å². The fourth-order valence-electron chi connectivity index (χ4n) is 1.89. The van der Waals surface area contributed by atoms with Gasteiger partial charge >= 0.3 is 5.97 Å². The number of aryl methyl sites for hydroxylation is 1. The van der Waals surface area contributed by atoms with E-state index in [1.54, 1.807) is 0 Å². The third-order valence-corrected chi connectivity index (χ3v) is 2.94. The van der Waals surface area contributed by atoms with E-state index < -0.39 is 0 Å². The monoisotopic (exact) mass is 265 g/mol. The molecule has 0 aliphatic carbocycles. The molecule has 0 aliphatic rings. The van der Waals surface area contributed by atoms with Crippen LogP contribution in [0.2, 0.25) is 0 Å². The van der Waals surface area contributed by atoms with Crippen LogP contribution in [0.3, 0.4) is 0 Å². The highest BCUT2D eigenvalue weighted by molar-refractivity contribution is 5.69. The maximum atomic E-state index is 11.1. The van der Waals surface area contributed by atoms with Gasteiger partial charge in [-0.15, -0.1) is 0 Å². The molecule has 0 saturated carbocycles. The van der Waals surface area contributed by atoms with E-state index in [1.165, 1.54) is 7.11 Å². The molecule has 0 bridgehead atoms. The first-order valence-electron chi connectivity index (χ1n) is 6.62. The molecule has 0 aromatic heterocycles. The molecule has 4 heteroatoms. The summed E-state index contributed by atoms with van der Waals surface area (Å²) in [5.41, 5.74) is 2.25. The van der Waals surface area contributed by atoms with Gasteiger partial charge in [0.2, 0.25) is 0 Å². The van der Waals surface area contributed by atoms with Crippen molar-refractivity contribution in [1.29, 1.82) is 0 Å². The van der Waals surface area contributed by atoms with Crippen LogP contribution < -0.4 is 10.1 Å². The molecule has 1 rings (SSSR count). The van der Waals surface area contributed by atoms with E-state index in [4.69, 9.17) is 4.74 Å². The fraction of sp³-hybridized carbons (Fsp3) is 0.533. The number of hydrogen-bond donors (Lipinski definition) is 1. The number of rotatable bonds is 7. The van der Waals surface area contributed by atoms with Gasteiger partial charge in [-0.25, -0.2) is 0 Å². The third-order valence-electron chi connectivity index (χ3n) is 2.94. The summed E-state index contributed by atoms with van der Waals surface area (Å²) in [6.07, 6.45) is 0.263. The average molecular weight is 265 g/mol. The van der Waals surface area contributed by atoms with Gasteiger partial charge in [-0.1, -0.05) is 19.1 Å². The van der Waals surface area contributed by atoms with E-state index in [0.717, 1.165) is 23.4 Å². The molecule has 1 aromatic rings. The van der Waals surface area contributed by atoms with Gasteiger partial charge in [-0.2, -0.15) is 0 Å². The molecule has 0 radical (unpaired) electrons. The normalized spacial score (nSPS) is 12.0. The highest BCUT2D eigenvalue weighted by Crippen LogP contribution is 2.26. The van der Waals surface area contributed by atoms with E-state index in [0.29, 0.717) is 6.61 Å². The van der Waals surface area contributed by atoms with Crippen LogP contribution in [0.15, 0.2) is 18.2 Å². The Morgan fingerprint density at radius 2 is 2.16 bits per heavy atom. The van der Waals surface area contributed by atoms with Gasteiger partial charge in [0, 0.05) is 11.6 Å². The molecule has 19 heavy (non-hydrogen) atoms. The van der Waals surface area contributed by atoms with E-state index >= 15 is 0 Å². The summed E-state index contributed by atoms with van der Waals surface area (Å²) in [6.45, 7) is 7.43. The highest BCUT2D eigenvalue weighted by Gasteiger charge is 2.11. The summed E-state index contributed by atoms with van der Waals surface area (Å²) < 4.78 is 10.3. The lowest BCUT2D eigenvalue weighted by molar-refractivity contribution is -0.141. The minimum atomic E-state index is -0.256. The second kappa shape index (κ2) is 7.79. The van der Waals surface area contributed by atoms with Gasteiger partial charge in [0.15, 0.2) is 0 Å². The zero-order valence-corrected chi connectivity index (χ0v) is 12.2. The smallest absolute Gasteiger partial charge is 0.308 e. The van der Waals surface area contributed by atoms with Crippen LogP contribution in [0, 0.1) is 6.92 Å². The molecule has 0 aliphatic heterocycles. The van der Waals surface area contributed by atoms with Gasteiger partial charge in [0.1, 0.15) is 5.75 Å². The van der Waals surface area contributed by atoms with E-state index in [2.05, 4.69) is 36.0 Å². The second-order valence-electron chi connectivity index (χ2n) is 4.50. The number of methoxy groups -OCH3 is 1. The Labute approximate surface area is 115 Å². The quantitative estimate of drug-likeness (QED) is 0.770. The third kappa shape index (κ3) is 4.91. The molecule has 106 valence electrons. The molecule has 0 heterocycles. The summed E-state index contributed by atoms with van der Waals surface area (Å²) in [4.78, 5) is 11.1. The zero-order valence-electron chi connectivity index (χ0n) is 12.2. The number of ether oxygens (including phenoxy) is 2. The van der Waals surface area contributed by atoms with Crippen LogP contribution >= 0.6 is 0 Å². The first-order valence-corrected chi connectivity index (χ1v) is 6.62. The molecule has 0 spiro atoms. The van der Waals surface area contributed by atoms with E-state index in [-0.39, 0.29) is 18.4 Å². The highest BCUT2D eigenvalue weighted by atomic mass is 16.5. The van der Waals surface area contributed by atoms with Crippen molar-refractivity contribution in [3.05, 3.63) is 29.3 Å². The minimum Gasteiger partial charge on any atom is -0.493 e. The Morgan fingerprint density at radius 1 is 1.42 bits per heavy atom. The number of esters is 1. The maximum Gasteiger partial charge on any atom is 0.308 e. The summed E-state index contributed by atoms with van der Waals surface area (Å²) in [7, 11) is 1.38. The van der Waals surface area contributed by atoms with E-state index in [1.807, 2.05) is 13.0 Å². The lowest BCUT2D eigenvalue weighted by atomic mass is 10.0. The summed E-state index contributed by atoms with van der Waals surface area (Å²) in [5, 5.41) is 3.36. The predicted molar refractivity (Wildman–Crippen MR) is 75.4 cm³/mol. The van der Waals surface area contributed by atoms with Crippen molar-refractivity contribution in [1.82, 2.24) is 5.32 Å². The van der Waals surface area contributed by atoms with Crippen molar-refractivity contribution in [2.24, 2.45) is 0 Å². The number of carbonyl (C=O) groups is 1. The number of hydrogen-bond acceptors (Lipinski definition) is 4. The van der Waals surface area contributed by atoms with Crippen LogP contribution in [0.25, 0.3) is 0 Å². The Hall–Kier alpha value is -1.55. The Morgan fingerprint density at radius 3 is 2.79 bits per heavy atom. The van der Waals surface area contributed by atoms with Crippen molar-refractivity contribution >= 4 is 5.97 Å². The van der Waals surface area contributed by atoms with Crippen LogP contribution in [-0.4, -0.2) is 26.2 Å². The first-order chi connectivity index (χ1) is 9.08. The number of carbonyl (C=O) groups excluding carboxylic acids is 1. The average Bonchev–Trinajstić information content (AvgIpc) is 2.38. The standard InChI is InChI=1S/C15H23NO3/c1-5-16-12(3)13-7-6-11(2)10-14(13)19-9-8-15(17)18-4/h6-7,10,12,16H,5,8-9H2,1-4H3. The van der Waals surface area contributed by atoms with Crippen LogP contribution in [0.1, 0.15) is 37.4 Å². The van der Waals surface area contributed by atoms with Crippen molar-refractivity contribution < 1.29 is 14.3 Å². The molecular weight excluding hydrogens is 242 g/mol. The minimum absolute atomic E-state index is 0.221. The first kappa shape index (κ1) is 15.5. The second-order valence-corrected chi connectivity index (χ2v) is 4.50. The lowest BCUT2D eigenvalue weighted by Crippen LogP contribution is -2.19. The Bertz CT molecular complexity index is 418. The largest absolute Gasteiger partial charge is 0.493 e. The van der Waals surface area contributed by atoms with Crippen LogP contribution in [-0.2, 0) is 9.53 Å². The molecule has 1 unspecified atom stereocenters. The van der Waals surface area contributed by atoms with Crippen LogP contribution in [0.4, 0.5) is 0 Å². The molecule has 4 nitrogen and oxygen atoms in total. The van der Waals surface area contributed by atoms with Crippen LogP contribution in [0.5, 0.6) is 5.75 Å². The topological polar surface area (TPSA) is 47.6 Å². The summed E-state index contributed by atoms with van der Waals surface area (Å²) in [6, 6.07) is 6.35. The zero-order chi connectivity index (χ0) is 14.3. The predicted octanol–water partition coefficient (Wildman–Crippen LogP) is 2.61. The summed E-state index contributed by atoms with van der Waals surface area (Å²) in [5.74, 6) is 0.575. The maximum absolute atomic E-state index is 11.1. The van der Waals surface area contributed by atoms with Gasteiger partial charge in [-0.05, 0) is 32.0 Å². The summed E-state index contributed by atoms with van der Waals surface area (Å²) >= 11 is 0. The molecule has 0 saturated heterocycles. The van der Waals surface area contributed by atoms with Crippen molar-refractivity contribution in [3.8, 4) is 5.75 Å². The fourth-order valence-corrected chi connectivity index (χ4v) is 1.89. The molecule has 0 fully saturated rings.